The van der Waals surface area contributed by atoms with Crippen molar-refractivity contribution in [3.05, 3.63) is 64.2 Å². The summed E-state index contributed by atoms with van der Waals surface area (Å²) >= 11 is 6.13. The number of hydrogen-bond donors (Lipinski definition) is 0. The van der Waals surface area contributed by atoms with Gasteiger partial charge in [-0.25, -0.2) is 0 Å². The number of rotatable bonds is 3. The number of benzene rings is 2. The summed E-state index contributed by atoms with van der Waals surface area (Å²) < 4.78 is 5.38. The lowest BCUT2D eigenvalue weighted by molar-refractivity contribution is 0.0764. The first kappa shape index (κ1) is 21.0. The normalized spacial score (nSPS) is 24.0. The van der Waals surface area contributed by atoms with Crippen molar-refractivity contribution in [3.63, 3.8) is 0 Å². The minimum atomic E-state index is 0. The van der Waals surface area contributed by atoms with Crippen molar-refractivity contribution in [2.45, 2.75) is 13.0 Å². The molecule has 28 heavy (non-hydrogen) atoms. The fraction of sp³-hybridized carbons (Fsp3) is 0.409. The van der Waals surface area contributed by atoms with E-state index in [0.717, 1.165) is 19.6 Å². The largest absolute Gasteiger partial charge is 0.496 e. The predicted molar refractivity (Wildman–Crippen MR) is 115 cm³/mol. The lowest BCUT2D eigenvalue weighted by atomic mass is 9.88. The number of methoxy groups -OCH3 is 1. The number of hydrogen-bond acceptors (Lipinski definition) is 3. The quantitative estimate of drug-likeness (QED) is 0.734. The van der Waals surface area contributed by atoms with Crippen LogP contribution >= 0.6 is 24.0 Å². The molecule has 4 nitrogen and oxygen atoms in total. The second-order valence-corrected chi connectivity index (χ2v) is 8.16. The van der Waals surface area contributed by atoms with Crippen molar-refractivity contribution in [3.8, 4) is 5.75 Å². The third-order valence-electron chi connectivity index (χ3n) is 6.08. The Morgan fingerprint density at radius 2 is 1.89 bits per heavy atom. The Kier molecular flexibility index (Phi) is 6.23. The summed E-state index contributed by atoms with van der Waals surface area (Å²) in [5.41, 5.74) is 3.24. The third-order valence-corrected chi connectivity index (χ3v) is 6.32. The summed E-state index contributed by atoms with van der Waals surface area (Å²) in [7, 11) is 3.78. The summed E-state index contributed by atoms with van der Waals surface area (Å²) in [4.78, 5) is 17.6. The number of nitrogens with zero attached hydrogens (tertiary/aromatic N) is 2. The van der Waals surface area contributed by atoms with Gasteiger partial charge in [-0.05, 0) is 49.2 Å². The SMILES string of the molecule is COc1ccc(Cl)cc1C(=O)N1C[C@@H]2CN(C)[C@@H](c3ccccc3C)[C@@H]2C1.Cl. The van der Waals surface area contributed by atoms with Gasteiger partial charge in [-0.15, -0.1) is 12.4 Å². The summed E-state index contributed by atoms with van der Waals surface area (Å²) in [5.74, 6) is 1.53. The number of halogens is 2. The van der Waals surface area contributed by atoms with E-state index in [-0.39, 0.29) is 18.3 Å². The van der Waals surface area contributed by atoms with Crippen LogP contribution in [0.15, 0.2) is 42.5 Å². The van der Waals surface area contributed by atoms with Crippen LogP contribution in [0, 0.1) is 18.8 Å². The standard InChI is InChI=1S/C22H25ClN2O2.ClH/c1-14-6-4-5-7-17(14)21-19-13-25(12-15(19)11-24(21)2)22(26)18-10-16(23)8-9-20(18)27-3;/h4-10,15,19,21H,11-13H2,1-3H3;1H/t15-,19+,21-;/m0./s1. The van der Waals surface area contributed by atoms with Gasteiger partial charge in [0.05, 0.1) is 12.7 Å². The van der Waals surface area contributed by atoms with Crippen molar-refractivity contribution >= 4 is 29.9 Å². The van der Waals surface area contributed by atoms with E-state index in [2.05, 4.69) is 43.1 Å². The van der Waals surface area contributed by atoms with Crippen LogP contribution in [-0.4, -0.2) is 49.5 Å². The van der Waals surface area contributed by atoms with Crippen LogP contribution < -0.4 is 4.74 Å². The molecule has 2 aromatic rings. The number of likely N-dealkylation sites (tertiary alicyclic amines) is 2. The molecule has 2 fully saturated rings. The van der Waals surface area contributed by atoms with E-state index in [4.69, 9.17) is 16.3 Å². The lowest BCUT2D eigenvalue weighted by Gasteiger charge is -2.28. The Labute approximate surface area is 177 Å². The van der Waals surface area contributed by atoms with E-state index in [0.29, 0.717) is 34.2 Å². The second-order valence-electron chi connectivity index (χ2n) is 7.72. The predicted octanol–water partition coefficient (Wildman–Crippen LogP) is 4.45. The number of ether oxygens (including phenoxy) is 1. The molecule has 150 valence electrons. The van der Waals surface area contributed by atoms with Gasteiger partial charge >= 0.3 is 0 Å². The smallest absolute Gasteiger partial charge is 0.257 e. The molecule has 6 heteroatoms. The van der Waals surface area contributed by atoms with Gasteiger partial charge in [0.1, 0.15) is 5.75 Å². The first-order valence-corrected chi connectivity index (χ1v) is 9.76. The van der Waals surface area contributed by atoms with Crippen LogP contribution in [0.3, 0.4) is 0 Å². The molecule has 2 heterocycles. The maximum atomic E-state index is 13.2. The fourth-order valence-corrected chi connectivity index (χ4v) is 5.00. The first-order chi connectivity index (χ1) is 13.0. The van der Waals surface area contributed by atoms with Gasteiger partial charge < -0.3 is 9.64 Å². The Morgan fingerprint density at radius 3 is 2.61 bits per heavy atom. The van der Waals surface area contributed by atoms with Gasteiger partial charge in [-0.1, -0.05) is 35.9 Å². The molecule has 0 saturated carbocycles. The number of carbonyl (C=O) groups excluding carboxylic acids is 1. The Balaban J connectivity index is 0.00000225. The van der Waals surface area contributed by atoms with E-state index in [9.17, 15) is 4.79 Å². The number of carbonyl (C=O) groups is 1. The van der Waals surface area contributed by atoms with Crippen molar-refractivity contribution < 1.29 is 9.53 Å². The van der Waals surface area contributed by atoms with Gasteiger partial charge in [0.25, 0.3) is 5.91 Å². The third kappa shape index (κ3) is 3.61. The van der Waals surface area contributed by atoms with Crippen LogP contribution in [0.5, 0.6) is 5.75 Å². The molecule has 0 radical (unpaired) electrons. The summed E-state index contributed by atoms with van der Waals surface area (Å²) in [6, 6.07) is 14.2. The fourth-order valence-electron chi connectivity index (χ4n) is 4.83. The van der Waals surface area contributed by atoms with E-state index in [1.165, 1.54) is 11.1 Å². The summed E-state index contributed by atoms with van der Waals surface area (Å²) in [6.07, 6.45) is 0. The number of amides is 1. The lowest BCUT2D eigenvalue weighted by Crippen LogP contribution is -2.33. The molecule has 2 aliphatic heterocycles. The molecule has 2 aromatic carbocycles. The highest BCUT2D eigenvalue weighted by Gasteiger charge is 2.47. The van der Waals surface area contributed by atoms with E-state index in [1.807, 2.05) is 4.90 Å². The van der Waals surface area contributed by atoms with Crippen molar-refractivity contribution in [1.29, 1.82) is 0 Å². The average Bonchev–Trinajstić information content (AvgIpc) is 3.18. The topological polar surface area (TPSA) is 32.8 Å². The zero-order chi connectivity index (χ0) is 19.1. The van der Waals surface area contributed by atoms with Gasteiger partial charge in [0, 0.05) is 36.6 Å². The van der Waals surface area contributed by atoms with Crippen molar-refractivity contribution in [1.82, 2.24) is 9.80 Å². The molecular formula is C22H26Cl2N2O2. The van der Waals surface area contributed by atoms with Gasteiger partial charge in [0.2, 0.25) is 0 Å². The molecule has 0 aliphatic carbocycles. The van der Waals surface area contributed by atoms with Gasteiger partial charge in [-0.2, -0.15) is 0 Å². The maximum Gasteiger partial charge on any atom is 0.257 e. The van der Waals surface area contributed by atoms with E-state index in [1.54, 1.807) is 25.3 Å². The molecule has 0 aromatic heterocycles. The summed E-state index contributed by atoms with van der Waals surface area (Å²) in [6.45, 7) is 4.74. The Bertz CT molecular complexity index is 873. The molecule has 0 spiro atoms. The minimum Gasteiger partial charge on any atom is -0.496 e. The molecule has 2 saturated heterocycles. The summed E-state index contributed by atoms with van der Waals surface area (Å²) in [5, 5.41) is 0.552. The second kappa shape index (κ2) is 8.32. The maximum absolute atomic E-state index is 13.2. The van der Waals surface area contributed by atoms with Crippen molar-refractivity contribution in [2.24, 2.45) is 11.8 Å². The highest BCUT2D eigenvalue weighted by molar-refractivity contribution is 6.31. The molecule has 2 aliphatic rings. The van der Waals surface area contributed by atoms with Crippen LogP contribution in [0.1, 0.15) is 27.5 Å². The van der Waals surface area contributed by atoms with Crippen LogP contribution in [0.2, 0.25) is 5.02 Å². The molecule has 4 rings (SSSR count). The number of aryl methyl sites for hydroxylation is 1. The molecule has 1 amide bonds. The highest BCUT2D eigenvalue weighted by Crippen LogP contribution is 2.45. The zero-order valence-corrected chi connectivity index (χ0v) is 18.0. The molecule has 0 bridgehead atoms. The van der Waals surface area contributed by atoms with E-state index >= 15 is 0 Å². The van der Waals surface area contributed by atoms with E-state index < -0.39 is 0 Å². The van der Waals surface area contributed by atoms with Crippen molar-refractivity contribution in [2.75, 3.05) is 33.8 Å². The highest BCUT2D eigenvalue weighted by atomic mass is 35.5. The minimum absolute atomic E-state index is 0. The Hall–Kier alpha value is -1.75. The van der Waals surface area contributed by atoms with Gasteiger partial charge in [0.15, 0.2) is 0 Å². The Morgan fingerprint density at radius 1 is 1.14 bits per heavy atom. The van der Waals surface area contributed by atoms with Crippen LogP contribution in [0.4, 0.5) is 0 Å². The molecular weight excluding hydrogens is 395 g/mol. The first-order valence-electron chi connectivity index (χ1n) is 9.38. The molecule has 0 N–H and O–H groups in total. The van der Waals surface area contributed by atoms with Crippen LogP contribution in [-0.2, 0) is 0 Å². The number of fused-ring (bicyclic) bond motifs is 1. The molecule has 3 atom stereocenters. The average molecular weight is 421 g/mol. The zero-order valence-electron chi connectivity index (χ0n) is 16.4. The van der Waals surface area contributed by atoms with Gasteiger partial charge in [-0.3, -0.25) is 9.69 Å². The molecule has 0 unspecified atom stereocenters. The monoisotopic (exact) mass is 420 g/mol. The van der Waals surface area contributed by atoms with Crippen LogP contribution in [0.25, 0.3) is 0 Å².